The molecule has 1 saturated heterocycles. The molecular formula is C11H12N4. The summed E-state index contributed by atoms with van der Waals surface area (Å²) >= 11 is 0. The van der Waals surface area contributed by atoms with E-state index in [0.29, 0.717) is 11.6 Å². The fourth-order valence-electron chi connectivity index (χ4n) is 2.42. The lowest BCUT2D eigenvalue weighted by molar-refractivity contribution is 0.696. The van der Waals surface area contributed by atoms with Crippen LogP contribution in [-0.2, 0) is 0 Å². The van der Waals surface area contributed by atoms with Crippen LogP contribution in [0, 0.1) is 23.2 Å². The highest BCUT2D eigenvalue weighted by Crippen LogP contribution is 2.43. The molecule has 1 aromatic heterocycles. The van der Waals surface area contributed by atoms with Gasteiger partial charge in [0.15, 0.2) is 0 Å². The Hall–Kier alpha value is -1.60. The Morgan fingerprint density at radius 2 is 2.27 bits per heavy atom. The van der Waals surface area contributed by atoms with E-state index in [0.717, 1.165) is 30.6 Å². The SMILES string of the molecule is N#Cc1ccncc1NC1C2CNCC21. The molecule has 2 atom stereocenters. The number of nitriles is 1. The van der Waals surface area contributed by atoms with Crippen molar-refractivity contribution in [3.63, 3.8) is 0 Å². The molecule has 0 aromatic carbocycles. The van der Waals surface area contributed by atoms with Gasteiger partial charge in [0.25, 0.3) is 0 Å². The Kier molecular flexibility index (Phi) is 1.86. The van der Waals surface area contributed by atoms with Gasteiger partial charge in [-0.2, -0.15) is 5.26 Å². The number of nitrogens with zero attached hydrogens (tertiary/aromatic N) is 2. The van der Waals surface area contributed by atoms with Gasteiger partial charge in [-0.05, 0) is 17.9 Å². The van der Waals surface area contributed by atoms with Crippen LogP contribution in [0.5, 0.6) is 0 Å². The third kappa shape index (κ3) is 1.36. The smallest absolute Gasteiger partial charge is 0.101 e. The van der Waals surface area contributed by atoms with E-state index in [4.69, 9.17) is 5.26 Å². The van der Waals surface area contributed by atoms with E-state index in [1.54, 1.807) is 18.5 Å². The molecular weight excluding hydrogens is 188 g/mol. The molecule has 3 rings (SSSR count). The summed E-state index contributed by atoms with van der Waals surface area (Å²) in [5, 5.41) is 15.7. The summed E-state index contributed by atoms with van der Waals surface area (Å²) in [4.78, 5) is 4.04. The van der Waals surface area contributed by atoms with E-state index in [1.807, 2.05) is 0 Å². The molecule has 15 heavy (non-hydrogen) atoms. The molecule has 2 heterocycles. The number of nitrogens with one attached hydrogen (secondary N) is 2. The minimum absolute atomic E-state index is 0.544. The van der Waals surface area contributed by atoms with Crippen molar-refractivity contribution in [1.82, 2.24) is 10.3 Å². The molecule has 4 heteroatoms. The zero-order chi connectivity index (χ0) is 10.3. The summed E-state index contributed by atoms with van der Waals surface area (Å²) < 4.78 is 0. The summed E-state index contributed by atoms with van der Waals surface area (Å²) in [6.07, 6.45) is 3.39. The highest BCUT2D eigenvalue weighted by atomic mass is 15.1. The summed E-state index contributed by atoms with van der Waals surface area (Å²) in [5.41, 5.74) is 1.56. The predicted molar refractivity (Wildman–Crippen MR) is 56.2 cm³/mol. The molecule has 1 aliphatic carbocycles. The average Bonchev–Trinajstić information content (AvgIpc) is 2.75. The summed E-state index contributed by atoms with van der Waals surface area (Å²) in [6.45, 7) is 2.20. The van der Waals surface area contributed by atoms with Gasteiger partial charge in [-0.1, -0.05) is 0 Å². The second kappa shape index (κ2) is 3.21. The first-order valence-corrected chi connectivity index (χ1v) is 5.21. The summed E-state index contributed by atoms with van der Waals surface area (Å²) in [6, 6.07) is 4.47. The van der Waals surface area contributed by atoms with Crippen molar-refractivity contribution >= 4 is 5.69 Å². The van der Waals surface area contributed by atoms with Gasteiger partial charge in [0.05, 0.1) is 17.4 Å². The summed E-state index contributed by atoms with van der Waals surface area (Å²) in [7, 11) is 0. The predicted octanol–water partition coefficient (Wildman–Crippen LogP) is 0.583. The number of anilines is 1. The number of aromatic nitrogens is 1. The standard InChI is InChI=1S/C11H12N4/c12-3-7-1-2-13-6-10(7)15-11-8-4-14-5-9(8)11/h1-2,6,8-9,11,14-15H,4-5H2. The lowest BCUT2D eigenvalue weighted by Crippen LogP contribution is -2.21. The number of hydrogen-bond acceptors (Lipinski definition) is 4. The zero-order valence-corrected chi connectivity index (χ0v) is 8.27. The minimum Gasteiger partial charge on any atom is -0.379 e. The van der Waals surface area contributed by atoms with Gasteiger partial charge in [0, 0.05) is 25.3 Å². The molecule has 76 valence electrons. The van der Waals surface area contributed by atoms with Crippen molar-refractivity contribution in [1.29, 1.82) is 5.26 Å². The molecule has 1 aliphatic heterocycles. The molecule has 1 saturated carbocycles. The Balaban J connectivity index is 1.75. The van der Waals surface area contributed by atoms with Crippen molar-refractivity contribution in [3.8, 4) is 6.07 Å². The zero-order valence-electron chi connectivity index (χ0n) is 8.27. The number of hydrogen-bond donors (Lipinski definition) is 2. The van der Waals surface area contributed by atoms with Crippen molar-refractivity contribution in [2.75, 3.05) is 18.4 Å². The maximum absolute atomic E-state index is 8.92. The molecule has 0 bridgehead atoms. The monoisotopic (exact) mass is 200 g/mol. The highest BCUT2D eigenvalue weighted by molar-refractivity contribution is 5.57. The maximum Gasteiger partial charge on any atom is 0.101 e. The first-order chi connectivity index (χ1) is 7.40. The minimum atomic E-state index is 0.544. The van der Waals surface area contributed by atoms with Gasteiger partial charge in [0.2, 0.25) is 0 Å². The van der Waals surface area contributed by atoms with E-state index in [2.05, 4.69) is 21.7 Å². The van der Waals surface area contributed by atoms with Crippen LogP contribution < -0.4 is 10.6 Å². The largest absolute Gasteiger partial charge is 0.379 e. The molecule has 0 spiro atoms. The van der Waals surface area contributed by atoms with E-state index >= 15 is 0 Å². The second-order valence-electron chi connectivity index (χ2n) is 4.19. The van der Waals surface area contributed by atoms with Crippen LogP contribution in [0.2, 0.25) is 0 Å². The fraction of sp³-hybridized carbons (Fsp3) is 0.455. The van der Waals surface area contributed by atoms with Crippen molar-refractivity contribution in [3.05, 3.63) is 24.0 Å². The lowest BCUT2D eigenvalue weighted by atomic mass is 10.2. The van der Waals surface area contributed by atoms with Crippen LogP contribution in [0.3, 0.4) is 0 Å². The van der Waals surface area contributed by atoms with E-state index in [9.17, 15) is 0 Å². The van der Waals surface area contributed by atoms with Crippen molar-refractivity contribution in [2.24, 2.45) is 11.8 Å². The van der Waals surface area contributed by atoms with Crippen LogP contribution in [-0.4, -0.2) is 24.1 Å². The fourth-order valence-corrected chi connectivity index (χ4v) is 2.42. The quantitative estimate of drug-likeness (QED) is 0.733. The molecule has 2 N–H and O–H groups in total. The number of pyridine rings is 1. The lowest BCUT2D eigenvalue weighted by Gasteiger charge is -2.09. The Morgan fingerprint density at radius 3 is 3.00 bits per heavy atom. The normalized spacial score (nSPS) is 31.8. The molecule has 1 aromatic rings. The van der Waals surface area contributed by atoms with E-state index < -0.39 is 0 Å². The molecule has 0 radical (unpaired) electrons. The van der Waals surface area contributed by atoms with Crippen molar-refractivity contribution in [2.45, 2.75) is 6.04 Å². The van der Waals surface area contributed by atoms with Gasteiger partial charge in [-0.3, -0.25) is 4.98 Å². The van der Waals surface area contributed by atoms with Gasteiger partial charge in [-0.15, -0.1) is 0 Å². The van der Waals surface area contributed by atoms with Crippen LogP contribution in [0.25, 0.3) is 0 Å². The molecule has 2 aliphatic rings. The number of piperidine rings is 1. The van der Waals surface area contributed by atoms with Crippen LogP contribution in [0.15, 0.2) is 18.5 Å². The first-order valence-electron chi connectivity index (χ1n) is 5.21. The summed E-state index contributed by atoms with van der Waals surface area (Å²) in [5.74, 6) is 1.49. The average molecular weight is 200 g/mol. The van der Waals surface area contributed by atoms with E-state index in [-0.39, 0.29) is 0 Å². The first kappa shape index (κ1) is 8.69. The van der Waals surface area contributed by atoms with Gasteiger partial charge in [-0.25, -0.2) is 0 Å². The Morgan fingerprint density at radius 1 is 1.47 bits per heavy atom. The van der Waals surface area contributed by atoms with Crippen LogP contribution >= 0.6 is 0 Å². The number of rotatable bonds is 2. The van der Waals surface area contributed by atoms with Crippen LogP contribution in [0.1, 0.15) is 5.56 Å². The Labute approximate surface area is 88.3 Å². The maximum atomic E-state index is 8.92. The van der Waals surface area contributed by atoms with E-state index in [1.165, 1.54) is 0 Å². The third-order valence-corrected chi connectivity index (χ3v) is 3.36. The Bertz CT molecular complexity index is 413. The molecule has 0 amide bonds. The van der Waals surface area contributed by atoms with Crippen molar-refractivity contribution < 1.29 is 0 Å². The highest BCUT2D eigenvalue weighted by Gasteiger charge is 2.53. The topological polar surface area (TPSA) is 60.7 Å². The molecule has 4 nitrogen and oxygen atoms in total. The van der Waals surface area contributed by atoms with Crippen LogP contribution in [0.4, 0.5) is 5.69 Å². The third-order valence-electron chi connectivity index (χ3n) is 3.36. The molecule has 2 unspecified atom stereocenters. The molecule has 2 fully saturated rings. The second-order valence-corrected chi connectivity index (χ2v) is 4.19. The van der Waals surface area contributed by atoms with Gasteiger partial charge < -0.3 is 10.6 Å². The number of fused-ring (bicyclic) bond motifs is 1. The van der Waals surface area contributed by atoms with Gasteiger partial charge in [0.1, 0.15) is 6.07 Å². The van der Waals surface area contributed by atoms with Gasteiger partial charge >= 0.3 is 0 Å².